The Labute approximate surface area is 113 Å². The Bertz CT molecular complexity index is 361. The summed E-state index contributed by atoms with van der Waals surface area (Å²) in [6, 6.07) is 5.61. The molecule has 0 fully saturated rings. The van der Waals surface area contributed by atoms with Gasteiger partial charge < -0.3 is 19.5 Å². The van der Waals surface area contributed by atoms with Gasteiger partial charge >= 0.3 is 0 Å². The molecule has 0 amide bonds. The van der Waals surface area contributed by atoms with Crippen LogP contribution in [0.3, 0.4) is 0 Å². The van der Waals surface area contributed by atoms with Crippen molar-refractivity contribution in [2.24, 2.45) is 0 Å². The zero-order chi connectivity index (χ0) is 13.9. The number of hydrogen-bond acceptors (Lipinski definition) is 4. The highest BCUT2D eigenvalue weighted by Crippen LogP contribution is 2.24. The predicted octanol–water partition coefficient (Wildman–Crippen LogP) is 2.17. The van der Waals surface area contributed by atoms with Crippen LogP contribution in [0.15, 0.2) is 18.2 Å². The summed E-state index contributed by atoms with van der Waals surface area (Å²) in [4.78, 5) is 0. The third-order valence-corrected chi connectivity index (χ3v) is 2.60. The molecule has 1 aromatic rings. The maximum atomic E-state index is 12.1. The van der Waals surface area contributed by atoms with Gasteiger partial charge in [0.05, 0.1) is 27.0 Å². The molecule has 0 atom stereocenters. The highest BCUT2D eigenvalue weighted by Gasteiger charge is 2.05. The summed E-state index contributed by atoms with van der Waals surface area (Å²) < 4.78 is 27.8. The minimum absolute atomic E-state index is 0.364. The summed E-state index contributed by atoms with van der Waals surface area (Å²) in [5.74, 6) is 1.54. The summed E-state index contributed by atoms with van der Waals surface area (Å²) in [7, 11) is 3.29. The smallest absolute Gasteiger partial charge is 0.124 e. The molecule has 0 aromatic heterocycles. The minimum Gasteiger partial charge on any atom is -0.497 e. The van der Waals surface area contributed by atoms with Gasteiger partial charge in [0, 0.05) is 32.2 Å². The van der Waals surface area contributed by atoms with Crippen LogP contribution in [0.25, 0.3) is 0 Å². The van der Waals surface area contributed by atoms with Crippen LogP contribution in [0, 0.1) is 0 Å². The number of halogens is 1. The van der Waals surface area contributed by atoms with Crippen molar-refractivity contribution in [1.29, 1.82) is 0 Å². The van der Waals surface area contributed by atoms with Gasteiger partial charge in [-0.2, -0.15) is 0 Å². The first-order valence-electron chi connectivity index (χ1n) is 6.37. The molecule has 108 valence electrons. The van der Waals surface area contributed by atoms with E-state index in [4.69, 9.17) is 14.2 Å². The maximum absolute atomic E-state index is 12.1. The molecule has 0 bridgehead atoms. The molecule has 0 saturated heterocycles. The zero-order valence-corrected chi connectivity index (χ0v) is 11.6. The Morgan fingerprint density at radius 3 is 2.74 bits per heavy atom. The van der Waals surface area contributed by atoms with Crippen molar-refractivity contribution in [3.8, 4) is 11.5 Å². The van der Waals surface area contributed by atoms with E-state index in [1.165, 1.54) is 0 Å². The van der Waals surface area contributed by atoms with Gasteiger partial charge in [-0.05, 0) is 18.2 Å². The largest absolute Gasteiger partial charge is 0.497 e. The third-order valence-electron chi connectivity index (χ3n) is 2.60. The molecule has 1 rings (SSSR count). The molecule has 1 N–H and O–H groups in total. The highest BCUT2D eigenvalue weighted by atomic mass is 19.1. The van der Waals surface area contributed by atoms with Gasteiger partial charge in [-0.1, -0.05) is 0 Å². The molecule has 1 aromatic carbocycles. The number of benzene rings is 1. The van der Waals surface area contributed by atoms with Crippen molar-refractivity contribution in [2.45, 2.75) is 13.0 Å². The van der Waals surface area contributed by atoms with Crippen molar-refractivity contribution < 1.29 is 18.6 Å². The minimum atomic E-state index is -0.364. The summed E-state index contributed by atoms with van der Waals surface area (Å²) in [6.45, 7) is 2.09. The second-order valence-electron chi connectivity index (χ2n) is 4.03. The van der Waals surface area contributed by atoms with Crippen LogP contribution in [0.2, 0.25) is 0 Å². The average molecular weight is 271 g/mol. The van der Waals surface area contributed by atoms with Crippen molar-refractivity contribution in [1.82, 2.24) is 5.32 Å². The van der Waals surface area contributed by atoms with Crippen molar-refractivity contribution in [2.75, 3.05) is 40.7 Å². The first kappa shape index (κ1) is 15.7. The predicted molar refractivity (Wildman–Crippen MR) is 72.7 cm³/mol. The van der Waals surface area contributed by atoms with E-state index in [1.807, 2.05) is 18.2 Å². The molecule has 0 spiro atoms. The molecule has 0 unspecified atom stereocenters. The van der Waals surface area contributed by atoms with Gasteiger partial charge in [-0.3, -0.25) is 4.39 Å². The standard InChI is InChI=1S/C14H22FNO3/c1-17-9-7-16-11-12-10-13(18-2)4-5-14(12)19-8-3-6-15/h4-5,10,16H,3,6-9,11H2,1-2H3. The van der Waals surface area contributed by atoms with Crippen molar-refractivity contribution >= 4 is 0 Å². The van der Waals surface area contributed by atoms with Crippen LogP contribution in [0.1, 0.15) is 12.0 Å². The van der Waals surface area contributed by atoms with Gasteiger partial charge in [-0.25, -0.2) is 0 Å². The van der Waals surface area contributed by atoms with E-state index in [2.05, 4.69) is 5.32 Å². The average Bonchev–Trinajstić information content (AvgIpc) is 2.45. The van der Waals surface area contributed by atoms with Crippen LogP contribution < -0.4 is 14.8 Å². The first-order chi connectivity index (χ1) is 9.31. The number of nitrogens with one attached hydrogen (secondary N) is 1. The lowest BCUT2D eigenvalue weighted by atomic mass is 10.2. The second-order valence-corrected chi connectivity index (χ2v) is 4.03. The molecule has 0 aliphatic heterocycles. The monoisotopic (exact) mass is 271 g/mol. The van der Waals surface area contributed by atoms with Crippen molar-refractivity contribution in [3.05, 3.63) is 23.8 Å². The van der Waals surface area contributed by atoms with Gasteiger partial charge in [0.15, 0.2) is 0 Å². The Kier molecular flexibility index (Phi) is 7.93. The molecule has 0 aliphatic rings. The summed E-state index contributed by atoms with van der Waals surface area (Å²) in [5, 5.41) is 3.25. The van der Waals surface area contributed by atoms with Crippen LogP contribution >= 0.6 is 0 Å². The Morgan fingerprint density at radius 2 is 2.05 bits per heavy atom. The van der Waals surface area contributed by atoms with Crippen LogP contribution in [-0.2, 0) is 11.3 Å². The van der Waals surface area contributed by atoms with E-state index in [0.29, 0.717) is 26.2 Å². The quantitative estimate of drug-likeness (QED) is 0.662. The maximum Gasteiger partial charge on any atom is 0.124 e. The van der Waals surface area contributed by atoms with Gasteiger partial charge in [0.2, 0.25) is 0 Å². The van der Waals surface area contributed by atoms with Crippen LogP contribution in [-0.4, -0.2) is 40.7 Å². The zero-order valence-electron chi connectivity index (χ0n) is 11.6. The molecule has 4 nitrogen and oxygen atoms in total. The molecule has 0 radical (unpaired) electrons. The third kappa shape index (κ3) is 5.89. The number of methoxy groups -OCH3 is 2. The number of ether oxygens (including phenoxy) is 3. The van der Waals surface area contributed by atoms with E-state index in [1.54, 1.807) is 14.2 Å². The number of alkyl halides is 1. The summed E-state index contributed by atoms with van der Waals surface area (Å²) in [6.07, 6.45) is 0.405. The van der Waals surface area contributed by atoms with E-state index in [9.17, 15) is 4.39 Å². The van der Waals surface area contributed by atoms with Gasteiger partial charge in [0.25, 0.3) is 0 Å². The van der Waals surface area contributed by atoms with E-state index in [0.717, 1.165) is 23.6 Å². The molecule has 0 heterocycles. The number of hydrogen-bond donors (Lipinski definition) is 1. The second kappa shape index (κ2) is 9.58. The fourth-order valence-electron chi connectivity index (χ4n) is 1.60. The lowest BCUT2D eigenvalue weighted by Crippen LogP contribution is -2.19. The molecule has 0 saturated carbocycles. The normalized spacial score (nSPS) is 10.5. The molecular weight excluding hydrogens is 249 g/mol. The van der Waals surface area contributed by atoms with Crippen molar-refractivity contribution in [3.63, 3.8) is 0 Å². The lowest BCUT2D eigenvalue weighted by Gasteiger charge is -2.13. The molecule has 5 heteroatoms. The Hall–Kier alpha value is -1.33. The molecule has 0 aliphatic carbocycles. The van der Waals surface area contributed by atoms with E-state index < -0.39 is 0 Å². The van der Waals surface area contributed by atoms with Gasteiger partial charge in [0.1, 0.15) is 11.5 Å². The Morgan fingerprint density at radius 1 is 1.21 bits per heavy atom. The highest BCUT2D eigenvalue weighted by molar-refractivity contribution is 5.40. The van der Waals surface area contributed by atoms with Gasteiger partial charge in [-0.15, -0.1) is 0 Å². The van der Waals surface area contributed by atoms with E-state index in [-0.39, 0.29) is 6.67 Å². The first-order valence-corrected chi connectivity index (χ1v) is 6.37. The fraction of sp³-hybridized carbons (Fsp3) is 0.571. The fourth-order valence-corrected chi connectivity index (χ4v) is 1.60. The van der Waals surface area contributed by atoms with Crippen LogP contribution in [0.4, 0.5) is 4.39 Å². The lowest BCUT2D eigenvalue weighted by molar-refractivity contribution is 0.199. The summed E-state index contributed by atoms with van der Waals surface area (Å²) >= 11 is 0. The topological polar surface area (TPSA) is 39.7 Å². The Balaban J connectivity index is 2.60. The molecule has 19 heavy (non-hydrogen) atoms. The van der Waals surface area contributed by atoms with E-state index >= 15 is 0 Å². The van der Waals surface area contributed by atoms with Crippen LogP contribution in [0.5, 0.6) is 11.5 Å². The number of rotatable bonds is 10. The molecular formula is C14H22FNO3. The summed E-state index contributed by atoms with van der Waals surface area (Å²) in [5.41, 5.74) is 0.995. The SMILES string of the molecule is COCCNCc1cc(OC)ccc1OCCCF.